The van der Waals surface area contributed by atoms with Crippen molar-refractivity contribution in [2.45, 2.75) is 58.5 Å². The summed E-state index contributed by atoms with van der Waals surface area (Å²) < 4.78 is 14.4. The van der Waals surface area contributed by atoms with E-state index in [-0.39, 0.29) is 17.4 Å². The maximum atomic E-state index is 14.4. The van der Waals surface area contributed by atoms with Crippen molar-refractivity contribution in [3.05, 3.63) is 35.1 Å². The zero-order valence-corrected chi connectivity index (χ0v) is 13.9. The molecule has 1 saturated heterocycles. The Morgan fingerprint density at radius 1 is 1.29 bits per heavy atom. The van der Waals surface area contributed by atoms with E-state index in [4.69, 9.17) is 0 Å². The predicted molar refractivity (Wildman–Crippen MR) is 87.1 cm³/mol. The van der Waals surface area contributed by atoms with Crippen LogP contribution in [0.1, 0.15) is 57.2 Å². The highest BCUT2D eigenvalue weighted by atomic mass is 19.1. The molecule has 2 unspecified atom stereocenters. The van der Waals surface area contributed by atoms with Gasteiger partial charge in [-0.05, 0) is 58.8 Å². The fourth-order valence-electron chi connectivity index (χ4n) is 3.59. The number of benzene rings is 1. The van der Waals surface area contributed by atoms with E-state index in [1.165, 1.54) is 12.8 Å². The molecule has 118 valence electrons. The third-order valence-corrected chi connectivity index (χ3v) is 5.04. The van der Waals surface area contributed by atoms with Gasteiger partial charge < -0.3 is 5.32 Å². The van der Waals surface area contributed by atoms with Gasteiger partial charge >= 0.3 is 0 Å². The first-order valence-corrected chi connectivity index (χ1v) is 8.27. The van der Waals surface area contributed by atoms with Gasteiger partial charge in [-0.1, -0.05) is 31.5 Å². The number of halogens is 1. The molecular weight excluding hydrogens is 263 g/mol. The highest BCUT2D eigenvalue weighted by Crippen LogP contribution is 2.37. The molecule has 3 heteroatoms. The fourth-order valence-corrected chi connectivity index (χ4v) is 3.59. The first-order valence-electron chi connectivity index (χ1n) is 8.27. The van der Waals surface area contributed by atoms with E-state index in [0.29, 0.717) is 0 Å². The van der Waals surface area contributed by atoms with Crippen LogP contribution in [-0.4, -0.2) is 30.1 Å². The molecule has 2 nitrogen and oxygen atoms in total. The van der Waals surface area contributed by atoms with Crippen LogP contribution in [0.4, 0.5) is 4.39 Å². The Bertz CT molecular complexity index is 468. The molecule has 0 spiro atoms. The van der Waals surface area contributed by atoms with Crippen molar-refractivity contribution in [2.75, 3.05) is 19.6 Å². The summed E-state index contributed by atoms with van der Waals surface area (Å²) in [7, 11) is 0. The molecule has 0 saturated carbocycles. The molecule has 21 heavy (non-hydrogen) atoms. The summed E-state index contributed by atoms with van der Waals surface area (Å²) in [6.45, 7) is 11.7. The molecule has 1 heterocycles. The molecule has 1 aromatic rings. The SMILES string of the molecule is CCNC(c1cc(C)ccc1F)C(C)(CC)N1CCCC1. The topological polar surface area (TPSA) is 15.3 Å². The number of hydrogen-bond donors (Lipinski definition) is 1. The summed E-state index contributed by atoms with van der Waals surface area (Å²) in [5.41, 5.74) is 1.89. The lowest BCUT2D eigenvalue weighted by atomic mass is 9.82. The molecule has 1 aliphatic rings. The zero-order chi connectivity index (χ0) is 15.5. The summed E-state index contributed by atoms with van der Waals surface area (Å²) in [6.07, 6.45) is 3.52. The number of nitrogens with zero attached hydrogens (tertiary/aromatic N) is 1. The van der Waals surface area contributed by atoms with E-state index in [1.54, 1.807) is 6.07 Å². The van der Waals surface area contributed by atoms with Crippen LogP contribution < -0.4 is 5.32 Å². The molecule has 0 radical (unpaired) electrons. The molecule has 1 fully saturated rings. The Hall–Kier alpha value is -0.930. The van der Waals surface area contributed by atoms with E-state index in [1.807, 2.05) is 19.1 Å². The fraction of sp³-hybridized carbons (Fsp3) is 0.667. The number of hydrogen-bond acceptors (Lipinski definition) is 2. The van der Waals surface area contributed by atoms with Crippen molar-refractivity contribution in [2.24, 2.45) is 0 Å². The molecular formula is C18H29FN2. The van der Waals surface area contributed by atoms with E-state index < -0.39 is 0 Å². The lowest BCUT2D eigenvalue weighted by Gasteiger charge is -2.45. The molecule has 1 N–H and O–H groups in total. The second-order valence-electron chi connectivity index (χ2n) is 6.42. The second kappa shape index (κ2) is 6.89. The van der Waals surface area contributed by atoms with Crippen LogP contribution in [-0.2, 0) is 0 Å². The Morgan fingerprint density at radius 2 is 1.95 bits per heavy atom. The van der Waals surface area contributed by atoms with Crippen molar-refractivity contribution >= 4 is 0 Å². The summed E-state index contributed by atoms with van der Waals surface area (Å²) >= 11 is 0. The monoisotopic (exact) mass is 292 g/mol. The standard InChI is InChI=1S/C18H29FN2/c1-5-18(4,21-11-7-8-12-21)17(20-6-2)15-13-14(3)9-10-16(15)19/h9-10,13,17,20H,5-8,11-12H2,1-4H3. The largest absolute Gasteiger partial charge is 0.309 e. The Kier molecular flexibility index (Phi) is 5.39. The summed E-state index contributed by atoms with van der Waals surface area (Å²) in [4.78, 5) is 2.54. The van der Waals surface area contributed by atoms with E-state index in [9.17, 15) is 4.39 Å². The molecule has 0 amide bonds. The van der Waals surface area contributed by atoms with Gasteiger partial charge in [0, 0.05) is 11.1 Å². The predicted octanol–water partition coefficient (Wildman–Crippen LogP) is 4.05. The van der Waals surface area contributed by atoms with Gasteiger partial charge in [-0.25, -0.2) is 4.39 Å². The van der Waals surface area contributed by atoms with Gasteiger partial charge in [0.15, 0.2) is 0 Å². The molecule has 2 atom stereocenters. The first-order chi connectivity index (χ1) is 10.0. The van der Waals surface area contributed by atoms with Crippen molar-refractivity contribution < 1.29 is 4.39 Å². The summed E-state index contributed by atoms with van der Waals surface area (Å²) in [6, 6.07) is 5.49. The van der Waals surface area contributed by atoms with Gasteiger partial charge in [-0.15, -0.1) is 0 Å². The van der Waals surface area contributed by atoms with Crippen LogP contribution >= 0.6 is 0 Å². The highest BCUT2D eigenvalue weighted by Gasteiger charge is 2.40. The minimum Gasteiger partial charge on any atom is -0.309 e. The van der Waals surface area contributed by atoms with Gasteiger partial charge in [0.1, 0.15) is 5.82 Å². The van der Waals surface area contributed by atoms with Gasteiger partial charge in [-0.3, -0.25) is 4.90 Å². The maximum absolute atomic E-state index is 14.4. The molecule has 0 bridgehead atoms. The smallest absolute Gasteiger partial charge is 0.128 e. The van der Waals surface area contributed by atoms with Gasteiger partial charge in [0.2, 0.25) is 0 Å². The average molecular weight is 292 g/mol. The van der Waals surface area contributed by atoms with Crippen molar-refractivity contribution in [3.63, 3.8) is 0 Å². The van der Waals surface area contributed by atoms with Crippen LogP contribution in [0.2, 0.25) is 0 Å². The van der Waals surface area contributed by atoms with Crippen LogP contribution in [0.3, 0.4) is 0 Å². The molecule has 0 aromatic heterocycles. The van der Waals surface area contributed by atoms with Gasteiger partial charge in [0.05, 0.1) is 6.04 Å². The van der Waals surface area contributed by atoms with Crippen molar-refractivity contribution in [1.82, 2.24) is 10.2 Å². The lowest BCUT2D eigenvalue weighted by Crippen LogP contribution is -2.53. The molecule has 2 rings (SSSR count). The van der Waals surface area contributed by atoms with Crippen LogP contribution in [0.15, 0.2) is 18.2 Å². The number of rotatable bonds is 6. The van der Waals surface area contributed by atoms with Gasteiger partial charge in [-0.2, -0.15) is 0 Å². The van der Waals surface area contributed by atoms with E-state index in [0.717, 1.165) is 37.2 Å². The van der Waals surface area contributed by atoms with Crippen LogP contribution in [0.25, 0.3) is 0 Å². The first kappa shape index (κ1) is 16.4. The minimum atomic E-state index is -0.0922. The summed E-state index contributed by atoms with van der Waals surface area (Å²) in [5.74, 6) is -0.0922. The maximum Gasteiger partial charge on any atom is 0.128 e. The molecule has 1 aromatic carbocycles. The minimum absolute atomic E-state index is 0.0329. The quantitative estimate of drug-likeness (QED) is 0.851. The van der Waals surface area contributed by atoms with Crippen molar-refractivity contribution in [3.8, 4) is 0 Å². The van der Waals surface area contributed by atoms with E-state index in [2.05, 4.69) is 31.0 Å². The highest BCUT2D eigenvalue weighted by molar-refractivity contribution is 5.29. The number of likely N-dealkylation sites (tertiary alicyclic amines) is 1. The number of likely N-dealkylation sites (N-methyl/N-ethyl adjacent to an activating group) is 1. The third-order valence-electron chi connectivity index (χ3n) is 5.04. The Morgan fingerprint density at radius 3 is 2.52 bits per heavy atom. The summed E-state index contributed by atoms with van der Waals surface area (Å²) in [5, 5.41) is 3.55. The normalized spacial score (nSPS) is 20.4. The van der Waals surface area contributed by atoms with Crippen LogP contribution in [0, 0.1) is 12.7 Å². The Labute approximate surface area is 128 Å². The number of aryl methyl sites for hydroxylation is 1. The number of nitrogens with one attached hydrogen (secondary N) is 1. The zero-order valence-electron chi connectivity index (χ0n) is 13.9. The van der Waals surface area contributed by atoms with Crippen LogP contribution in [0.5, 0.6) is 0 Å². The van der Waals surface area contributed by atoms with Crippen molar-refractivity contribution in [1.29, 1.82) is 0 Å². The average Bonchev–Trinajstić information content (AvgIpc) is 3.01. The third kappa shape index (κ3) is 3.29. The molecule has 1 aliphatic heterocycles. The van der Waals surface area contributed by atoms with E-state index >= 15 is 0 Å². The molecule has 0 aliphatic carbocycles. The van der Waals surface area contributed by atoms with Gasteiger partial charge in [0.25, 0.3) is 0 Å². The second-order valence-corrected chi connectivity index (χ2v) is 6.42. The Balaban J connectivity index is 2.42. The lowest BCUT2D eigenvalue weighted by molar-refractivity contribution is 0.0831.